The number of ketones is 1. The zero-order valence-electron chi connectivity index (χ0n) is 15.5. The van der Waals surface area contributed by atoms with Gasteiger partial charge in [0.2, 0.25) is 0 Å². The molecule has 0 spiro atoms. The molecule has 0 aliphatic carbocycles. The SMILES string of the molecule is CC(=O)c1ccc(Nc2cncc(C(=O)Nc3c(C)cccc3C)c2)cc1. The molecular weight excluding hydrogens is 338 g/mol. The lowest BCUT2D eigenvalue weighted by molar-refractivity contribution is 0.101. The average Bonchev–Trinajstić information content (AvgIpc) is 2.65. The molecule has 0 radical (unpaired) electrons. The Balaban J connectivity index is 1.76. The molecule has 3 rings (SSSR count). The summed E-state index contributed by atoms with van der Waals surface area (Å²) in [6.07, 6.45) is 3.18. The summed E-state index contributed by atoms with van der Waals surface area (Å²) < 4.78 is 0. The third-order valence-corrected chi connectivity index (χ3v) is 4.30. The van der Waals surface area contributed by atoms with Crippen molar-refractivity contribution in [3.8, 4) is 0 Å². The highest BCUT2D eigenvalue weighted by molar-refractivity contribution is 6.05. The quantitative estimate of drug-likeness (QED) is 0.636. The van der Waals surface area contributed by atoms with Gasteiger partial charge >= 0.3 is 0 Å². The molecule has 0 aliphatic rings. The minimum atomic E-state index is -0.213. The van der Waals surface area contributed by atoms with Gasteiger partial charge in [-0.1, -0.05) is 18.2 Å². The molecule has 1 aromatic heterocycles. The third kappa shape index (κ3) is 4.39. The smallest absolute Gasteiger partial charge is 0.257 e. The van der Waals surface area contributed by atoms with Gasteiger partial charge in [0.15, 0.2) is 5.78 Å². The van der Waals surface area contributed by atoms with Gasteiger partial charge in [-0.15, -0.1) is 0 Å². The Morgan fingerprint density at radius 3 is 2.15 bits per heavy atom. The first kappa shape index (κ1) is 18.3. The zero-order chi connectivity index (χ0) is 19.4. The number of carbonyl (C=O) groups is 2. The molecule has 0 saturated heterocycles. The summed E-state index contributed by atoms with van der Waals surface area (Å²) >= 11 is 0. The number of nitrogens with zero attached hydrogens (tertiary/aromatic N) is 1. The van der Waals surface area contributed by atoms with E-state index in [1.807, 2.05) is 44.2 Å². The predicted molar refractivity (Wildman–Crippen MR) is 108 cm³/mol. The lowest BCUT2D eigenvalue weighted by Crippen LogP contribution is -2.14. The van der Waals surface area contributed by atoms with Gasteiger partial charge in [-0.25, -0.2) is 0 Å². The van der Waals surface area contributed by atoms with E-state index in [2.05, 4.69) is 15.6 Å². The fourth-order valence-electron chi connectivity index (χ4n) is 2.78. The summed E-state index contributed by atoms with van der Waals surface area (Å²) in [5.41, 5.74) is 5.46. The molecule has 0 fully saturated rings. The van der Waals surface area contributed by atoms with Crippen molar-refractivity contribution < 1.29 is 9.59 Å². The van der Waals surface area contributed by atoms with Crippen LogP contribution in [0.3, 0.4) is 0 Å². The molecule has 0 aliphatic heterocycles. The minimum Gasteiger partial charge on any atom is -0.354 e. The fraction of sp³-hybridized carbons (Fsp3) is 0.136. The number of pyridine rings is 1. The van der Waals surface area contributed by atoms with Crippen molar-refractivity contribution in [2.75, 3.05) is 10.6 Å². The summed E-state index contributed by atoms with van der Waals surface area (Å²) in [6.45, 7) is 5.46. The molecule has 1 amide bonds. The van der Waals surface area contributed by atoms with E-state index in [4.69, 9.17) is 0 Å². The molecule has 0 saturated carbocycles. The van der Waals surface area contributed by atoms with Crippen LogP contribution < -0.4 is 10.6 Å². The maximum Gasteiger partial charge on any atom is 0.257 e. The van der Waals surface area contributed by atoms with Crippen LogP contribution in [0.5, 0.6) is 0 Å². The number of rotatable bonds is 5. The van der Waals surface area contributed by atoms with E-state index in [0.717, 1.165) is 22.5 Å². The first-order chi connectivity index (χ1) is 12.9. The topological polar surface area (TPSA) is 71.1 Å². The number of hydrogen-bond acceptors (Lipinski definition) is 4. The Kier molecular flexibility index (Phi) is 5.31. The molecular formula is C22H21N3O2. The summed E-state index contributed by atoms with van der Waals surface area (Å²) in [5, 5.41) is 6.16. The van der Waals surface area contributed by atoms with Gasteiger partial charge in [-0.05, 0) is 62.2 Å². The van der Waals surface area contributed by atoms with Crippen molar-refractivity contribution in [2.24, 2.45) is 0 Å². The Morgan fingerprint density at radius 2 is 1.52 bits per heavy atom. The molecule has 0 unspecified atom stereocenters. The van der Waals surface area contributed by atoms with Crippen LogP contribution in [0.1, 0.15) is 38.8 Å². The van der Waals surface area contributed by atoms with E-state index < -0.39 is 0 Å². The van der Waals surface area contributed by atoms with E-state index in [0.29, 0.717) is 16.8 Å². The monoisotopic (exact) mass is 359 g/mol. The van der Waals surface area contributed by atoms with Gasteiger partial charge in [-0.2, -0.15) is 0 Å². The van der Waals surface area contributed by atoms with Crippen molar-refractivity contribution in [2.45, 2.75) is 20.8 Å². The number of hydrogen-bond donors (Lipinski definition) is 2. The molecule has 2 aromatic carbocycles. The Labute approximate surface area is 158 Å². The third-order valence-electron chi connectivity index (χ3n) is 4.30. The second kappa shape index (κ2) is 7.83. The molecule has 2 N–H and O–H groups in total. The Bertz CT molecular complexity index is 974. The highest BCUT2D eigenvalue weighted by Crippen LogP contribution is 2.22. The summed E-state index contributed by atoms with van der Waals surface area (Å²) in [6, 6.07) is 14.8. The van der Waals surface area contributed by atoms with Gasteiger partial charge in [0, 0.05) is 23.1 Å². The minimum absolute atomic E-state index is 0.0217. The number of amides is 1. The van der Waals surface area contributed by atoms with Gasteiger partial charge in [0.1, 0.15) is 0 Å². The summed E-state index contributed by atoms with van der Waals surface area (Å²) in [7, 11) is 0. The number of nitrogens with one attached hydrogen (secondary N) is 2. The number of para-hydroxylation sites is 1. The van der Waals surface area contributed by atoms with Crippen LogP contribution in [0.15, 0.2) is 60.9 Å². The van der Waals surface area contributed by atoms with E-state index in [1.54, 1.807) is 24.4 Å². The largest absolute Gasteiger partial charge is 0.354 e. The van der Waals surface area contributed by atoms with Gasteiger partial charge in [-0.3, -0.25) is 14.6 Å². The van der Waals surface area contributed by atoms with Crippen LogP contribution in [-0.4, -0.2) is 16.7 Å². The van der Waals surface area contributed by atoms with E-state index in [-0.39, 0.29) is 11.7 Å². The first-order valence-electron chi connectivity index (χ1n) is 8.64. The lowest BCUT2D eigenvalue weighted by atomic mass is 10.1. The van der Waals surface area contributed by atoms with Crippen LogP contribution in [-0.2, 0) is 0 Å². The number of aryl methyl sites for hydroxylation is 2. The second-order valence-electron chi connectivity index (χ2n) is 6.44. The molecule has 5 heteroatoms. The first-order valence-corrected chi connectivity index (χ1v) is 8.64. The molecule has 3 aromatic rings. The van der Waals surface area contributed by atoms with Crippen LogP contribution in [0.25, 0.3) is 0 Å². The second-order valence-corrected chi connectivity index (χ2v) is 6.44. The van der Waals surface area contributed by atoms with Crippen LogP contribution in [0.4, 0.5) is 17.1 Å². The standard InChI is InChI=1S/C22H21N3O2/c1-14-5-4-6-15(2)21(14)25-22(27)18-11-20(13-23-12-18)24-19-9-7-17(8-10-19)16(3)26/h4-13,24H,1-3H3,(H,25,27). The van der Waals surface area contributed by atoms with Gasteiger partial charge in [0.05, 0.1) is 17.4 Å². The van der Waals surface area contributed by atoms with Crippen LogP contribution >= 0.6 is 0 Å². The zero-order valence-corrected chi connectivity index (χ0v) is 15.5. The Hall–Kier alpha value is -3.47. The normalized spacial score (nSPS) is 10.3. The van der Waals surface area contributed by atoms with Gasteiger partial charge in [0.25, 0.3) is 5.91 Å². The molecule has 136 valence electrons. The maximum atomic E-state index is 12.6. The number of aromatic nitrogens is 1. The van der Waals surface area contributed by atoms with Crippen molar-refractivity contribution >= 4 is 28.8 Å². The van der Waals surface area contributed by atoms with E-state index in [1.165, 1.54) is 13.1 Å². The van der Waals surface area contributed by atoms with Crippen LogP contribution in [0, 0.1) is 13.8 Å². The number of benzene rings is 2. The molecule has 1 heterocycles. The molecule has 27 heavy (non-hydrogen) atoms. The van der Waals surface area contributed by atoms with E-state index in [9.17, 15) is 9.59 Å². The fourth-order valence-corrected chi connectivity index (χ4v) is 2.78. The number of anilines is 3. The highest BCUT2D eigenvalue weighted by Gasteiger charge is 2.11. The summed E-state index contributed by atoms with van der Waals surface area (Å²) in [4.78, 5) is 28.1. The summed E-state index contributed by atoms with van der Waals surface area (Å²) in [5.74, 6) is -0.191. The lowest BCUT2D eigenvalue weighted by Gasteiger charge is -2.12. The number of carbonyl (C=O) groups excluding carboxylic acids is 2. The molecule has 5 nitrogen and oxygen atoms in total. The average molecular weight is 359 g/mol. The Morgan fingerprint density at radius 1 is 0.852 bits per heavy atom. The highest BCUT2D eigenvalue weighted by atomic mass is 16.1. The van der Waals surface area contributed by atoms with Crippen LogP contribution in [0.2, 0.25) is 0 Å². The van der Waals surface area contributed by atoms with Crippen molar-refractivity contribution in [3.05, 3.63) is 83.2 Å². The molecule has 0 bridgehead atoms. The van der Waals surface area contributed by atoms with Gasteiger partial charge < -0.3 is 10.6 Å². The van der Waals surface area contributed by atoms with Crippen molar-refractivity contribution in [3.63, 3.8) is 0 Å². The van der Waals surface area contributed by atoms with Crippen molar-refractivity contribution in [1.82, 2.24) is 4.98 Å². The molecule has 0 atom stereocenters. The maximum absolute atomic E-state index is 12.6. The predicted octanol–water partition coefficient (Wildman–Crippen LogP) is 4.90. The van der Waals surface area contributed by atoms with Crippen molar-refractivity contribution in [1.29, 1.82) is 0 Å². The van der Waals surface area contributed by atoms with E-state index >= 15 is 0 Å². The number of Topliss-reactive ketones (excluding diaryl/α,β-unsaturated/α-hetero) is 1.